The Balaban J connectivity index is 1.09. The molecule has 2 saturated heterocycles. The van der Waals surface area contributed by atoms with Gasteiger partial charge < -0.3 is 15.1 Å². The van der Waals surface area contributed by atoms with E-state index in [1.54, 1.807) is 0 Å². The third-order valence-corrected chi connectivity index (χ3v) is 7.63. The molecule has 2 aromatic rings. The van der Waals surface area contributed by atoms with Crippen LogP contribution in [0.1, 0.15) is 56.0 Å². The third-order valence-electron chi connectivity index (χ3n) is 7.63. The number of aromatic nitrogens is 1. The van der Waals surface area contributed by atoms with Crippen molar-refractivity contribution in [2.75, 3.05) is 42.9 Å². The van der Waals surface area contributed by atoms with E-state index in [2.05, 4.69) is 60.2 Å². The van der Waals surface area contributed by atoms with E-state index in [9.17, 15) is 4.79 Å². The fraction of sp³-hybridized carbons (Fsp3) is 0.556. The number of benzene rings is 1. The van der Waals surface area contributed by atoms with Gasteiger partial charge in [0.05, 0.1) is 11.9 Å². The molecular formula is C27H36N4O. The molecule has 3 aliphatic rings. The number of hydrogen-bond donors (Lipinski definition) is 1. The lowest BCUT2D eigenvalue weighted by Gasteiger charge is -2.27. The maximum Gasteiger partial charge on any atom is 0.253 e. The molecule has 1 saturated carbocycles. The summed E-state index contributed by atoms with van der Waals surface area (Å²) in [4.78, 5) is 22.0. The van der Waals surface area contributed by atoms with Crippen molar-refractivity contribution < 1.29 is 4.79 Å². The van der Waals surface area contributed by atoms with Crippen LogP contribution in [0.25, 0.3) is 0 Å². The number of nitrogens with zero attached hydrogens (tertiary/aromatic N) is 3. The smallest absolute Gasteiger partial charge is 0.253 e. The predicted octanol–water partition coefficient (Wildman–Crippen LogP) is 4.80. The van der Waals surface area contributed by atoms with Crippen molar-refractivity contribution in [3.63, 3.8) is 0 Å². The molecule has 3 heterocycles. The summed E-state index contributed by atoms with van der Waals surface area (Å²) in [7, 11) is 0. The number of pyridine rings is 1. The monoisotopic (exact) mass is 432 g/mol. The molecule has 2 unspecified atom stereocenters. The molecule has 5 rings (SSSR count). The summed E-state index contributed by atoms with van der Waals surface area (Å²) >= 11 is 0. The van der Waals surface area contributed by atoms with Crippen LogP contribution >= 0.6 is 0 Å². The van der Waals surface area contributed by atoms with E-state index >= 15 is 0 Å². The van der Waals surface area contributed by atoms with Crippen molar-refractivity contribution in [3.05, 3.63) is 53.7 Å². The summed E-state index contributed by atoms with van der Waals surface area (Å²) in [5.74, 6) is 3.23. The number of carbonyl (C=O) groups is 1. The SMILES string of the molecule is CC(C)(C)c1ccc(C(=O)N2CC3C(CNc4ccc(N5CCCCC5)nc4)C3C2)cc1. The third kappa shape index (κ3) is 4.35. The maximum atomic E-state index is 12.9. The zero-order chi connectivity index (χ0) is 22.3. The van der Waals surface area contributed by atoms with E-state index < -0.39 is 0 Å². The number of carbonyl (C=O) groups excluding carboxylic acids is 1. The molecular weight excluding hydrogens is 396 g/mol. The summed E-state index contributed by atoms with van der Waals surface area (Å²) in [6, 6.07) is 12.5. The Morgan fingerprint density at radius 1 is 1.00 bits per heavy atom. The summed E-state index contributed by atoms with van der Waals surface area (Å²) in [6.45, 7) is 11.6. The van der Waals surface area contributed by atoms with Gasteiger partial charge in [0.1, 0.15) is 5.82 Å². The molecule has 1 amide bonds. The Morgan fingerprint density at radius 2 is 1.69 bits per heavy atom. The number of anilines is 2. The normalized spacial score (nSPS) is 24.9. The molecule has 1 N–H and O–H groups in total. The van der Waals surface area contributed by atoms with E-state index in [1.807, 2.05) is 23.2 Å². The minimum Gasteiger partial charge on any atom is -0.383 e. The average Bonchev–Trinajstić information content (AvgIpc) is 3.26. The van der Waals surface area contributed by atoms with Gasteiger partial charge in [-0.2, -0.15) is 0 Å². The fourth-order valence-electron chi connectivity index (χ4n) is 5.45. The molecule has 5 nitrogen and oxygen atoms in total. The van der Waals surface area contributed by atoms with Crippen LogP contribution in [0.2, 0.25) is 0 Å². The van der Waals surface area contributed by atoms with Gasteiger partial charge in [-0.1, -0.05) is 32.9 Å². The molecule has 5 heteroatoms. The molecule has 0 bridgehead atoms. The van der Waals surface area contributed by atoms with Crippen LogP contribution < -0.4 is 10.2 Å². The van der Waals surface area contributed by atoms with Gasteiger partial charge in [-0.3, -0.25) is 4.79 Å². The summed E-state index contributed by atoms with van der Waals surface area (Å²) in [6.07, 6.45) is 5.85. The number of rotatable bonds is 5. The van der Waals surface area contributed by atoms with Gasteiger partial charge in [-0.05, 0) is 72.3 Å². The zero-order valence-electron chi connectivity index (χ0n) is 19.7. The van der Waals surface area contributed by atoms with Crippen molar-refractivity contribution in [1.82, 2.24) is 9.88 Å². The molecule has 32 heavy (non-hydrogen) atoms. The van der Waals surface area contributed by atoms with E-state index in [1.165, 1.54) is 24.8 Å². The minimum absolute atomic E-state index is 0.112. The second-order valence-electron chi connectivity index (χ2n) is 10.9. The molecule has 1 aliphatic carbocycles. The predicted molar refractivity (Wildman–Crippen MR) is 130 cm³/mol. The van der Waals surface area contributed by atoms with Crippen LogP contribution in [0.3, 0.4) is 0 Å². The highest BCUT2D eigenvalue weighted by molar-refractivity contribution is 5.94. The van der Waals surface area contributed by atoms with Crippen LogP contribution in [0.5, 0.6) is 0 Å². The molecule has 170 valence electrons. The molecule has 0 radical (unpaired) electrons. The first-order valence-electron chi connectivity index (χ1n) is 12.2. The lowest BCUT2D eigenvalue weighted by Crippen LogP contribution is -2.32. The van der Waals surface area contributed by atoms with Crippen LogP contribution in [-0.2, 0) is 5.41 Å². The van der Waals surface area contributed by atoms with E-state index in [-0.39, 0.29) is 11.3 Å². The maximum absolute atomic E-state index is 12.9. The molecule has 1 aromatic carbocycles. The lowest BCUT2D eigenvalue weighted by atomic mass is 9.86. The van der Waals surface area contributed by atoms with Crippen molar-refractivity contribution in [2.45, 2.75) is 45.4 Å². The Labute approximate surface area is 192 Å². The summed E-state index contributed by atoms with van der Waals surface area (Å²) in [5.41, 5.74) is 3.29. The Hall–Kier alpha value is -2.56. The summed E-state index contributed by atoms with van der Waals surface area (Å²) < 4.78 is 0. The first-order valence-corrected chi connectivity index (χ1v) is 12.2. The van der Waals surface area contributed by atoms with Crippen molar-refractivity contribution in [3.8, 4) is 0 Å². The van der Waals surface area contributed by atoms with Crippen molar-refractivity contribution in [1.29, 1.82) is 0 Å². The molecule has 3 fully saturated rings. The Morgan fingerprint density at radius 3 is 2.28 bits per heavy atom. The van der Waals surface area contributed by atoms with Gasteiger partial charge >= 0.3 is 0 Å². The zero-order valence-corrected chi connectivity index (χ0v) is 19.7. The quantitative estimate of drug-likeness (QED) is 0.737. The van der Waals surface area contributed by atoms with Gasteiger partial charge in [0.2, 0.25) is 0 Å². The van der Waals surface area contributed by atoms with Crippen LogP contribution in [0, 0.1) is 17.8 Å². The largest absolute Gasteiger partial charge is 0.383 e. The van der Waals surface area contributed by atoms with Gasteiger partial charge in [-0.25, -0.2) is 4.98 Å². The number of likely N-dealkylation sites (tertiary alicyclic amines) is 1. The number of fused-ring (bicyclic) bond motifs is 1. The average molecular weight is 433 g/mol. The van der Waals surface area contributed by atoms with Crippen molar-refractivity contribution >= 4 is 17.4 Å². The number of piperidine rings is 2. The van der Waals surface area contributed by atoms with Crippen LogP contribution in [0.4, 0.5) is 11.5 Å². The van der Waals surface area contributed by atoms with Gasteiger partial charge in [-0.15, -0.1) is 0 Å². The second kappa shape index (κ2) is 8.42. The highest BCUT2D eigenvalue weighted by atomic mass is 16.2. The molecule has 1 aromatic heterocycles. The topological polar surface area (TPSA) is 48.5 Å². The van der Waals surface area contributed by atoms with Gasteiger partial charge in [0.25, 0.3) is 5.91 Å². The highest BCUT2D eigenvalue weighted by Gasteiger charge is 2.56. The van der Waals surface area contributed by atoms with E-state index in [0.717, 1.165) is 49.8 Å². The Bertz CT molecular complexity index is 929. The minimum atomic E-state index is 0.112. The van der Waals surface area contributed by atoms with E-state index in [4.69, 9.17) is 0 Å². The van der Waals surface area contributed by atoms with Gasteiger partial charge in [0, 0.05) is 38.3 Å². The molecule has 2 aliphatic heterocycles. The first kappa shape index (κ1) is 21.3. The second-order valence-corrected chi connectivity index (χ2v) is 10.9. The van der Waals surface area contributed by atoms with Gasteiger partial charge in [0.15, 0.2) is 0 Å². The van der Waals surface area contributed by atoms with E-state index in [0.29, 0.717) is 17.8 Å². The number of hydrogen-bond acceptors (Lipinski definition) is 4. The van der Waals surface area contributed by atoms with Crippen LogP contribution in [0.15, 0.2) is 42.6 Å². The number of amides is 1. The fourth-order valence-corrected chi connectivity index (χ4v) is 5.45. The molecule has 0 spiro atoms. The standard InChI is InChI=1S/C27H36N4O/c1-27(2,3)20-9-7-19(8-10-20)26(32)31-17-23-22(24(23)18-31)16-28-21-11-12-25(29-15-21)30-13-5-4-6-14-30/h7-12,15,22-24,28H,4-6,13-14,16-18H2,1-3H3. The lowest BCUT2D eigenvalue weighted by molar-refractivity contribution is 0.0768. The molecule has 2 atom stereocenters. The highest BCUT2D eigenvalue weighted by Crippen LogP contribution is 2.51. The number of nitrogens with one attached hydrogen (secondary N) is 1. The van der Waals surface area contributed by atoms with Crippen LogP contribution in [-0.4, -0.2) is 48.5 Å². The van der Waals surface area contributed by atoms with Crippen molar-refractivity contribution in [2.24, 2.45) is 17.8 Å². The first-order chi connectivity index (χ1) is 15.4. The summed E-state index contributed by atoms with van der Waals surface area (Å²) in [5, 5.41) is 3.58. The Kier molecular flexibility index (Phi) is 5.60.